The number of hydrogen-bond donors (Lipinski definition) is 2. The van der Waals surface area contributed by atoms with Gasteiger partial charge in [0.15, 0.2) is 23.0 Å². The Labute approximate surface area is 192 Å². The SMILES string of the molecule is CCOc1cc(C2C(C(=O)C(C)(C)C)=C(O)C(=O)N2c2cccc3ccccc23)ccc1O. The summed E-state index contributed by atoms with van der Waals surface area (Å²) in [6, 6.07) is 17.1. The lowest BCUT2D eigenvalue weighted by molar-refractivity contribution is -0.123. The number of anilines is 1. The molecule has 0 aromatic heterocycles. The molecule has 2 N–H and O–H groups in total. The molecule has 0 saturated carbocycles. The molecule has 0 aliphatic carbocycles. The molecule has 6 heteroatoms. The highest BCUT2D eigenvalue weighted by Gasteiger charge is 2.47. The minimum Gasteiger partial charge on any atom is -0.504 e. The molecule has 0 spiro atoms. The molecule has 1 atom stereocenters. The van der Waals surface area contributed by atoms with Crippen LogP contribution in [0.2, 0.25) is 0 Å². The van der Waals surface area contributed by atoms with Crippen LogP contribution in [0.1, 0.15) is 39.3 Å². The number of carbonyl (C=O) groups is 2. The maximum absolute atomic E-state index is 13.4. The van der Waals surface area contributed by atoms with Crippen molar-refractivity contribution in [2.45, 2.75) is 33.7 Å². The van der Waals surface area contributed by atoms with Gasteiger partial charge in [0, 0.05) is 10.8 Å². The van der Waals surface area contributed by atoms with Crippen LogP contribution in [0.15, 0.2) is 72.0 Å². The van der Waals surface area contributed by atoms with Gasteiger partial charge in [-0.25, -0.2) is 0 Å². The van der Waals surface area contributed by atoms with Crippen LogP contribution in [-0.4, -0.2) is 28.5 Å². The molecule has 3 aromatic rings. The van der Waals surface area contributed by atoms with Crippen LogP contribution < -0.4 is 9.64 Å². The van der Waals surface area contributed by atoms with Crippen molar-refractivity contribution in [3.8, 4) is 11.5 Å². The van der Waals surface area contributed by atoms with Crippen LogP contribution in [0.5, 0.6) is 11.5 Å². The van der Waals surface area contributed by atoms with E-state index in [2.05, 4.69) is 0 Å². The number of aromatic hydroxyl groups is 1. The average Bonchev–Trinajstić information content (AvgIpc) is 3.04. The smallest absolute Gasteiger partial charge is 0.294 e. The minimum absolute atomic E-state index is 0.0357. The first-order chi connectivity index (χ1) is 15.6. The normalized spacial score (nSPS) is 16.5. The first-order valence-corrected chi connectivity index (χ1v) is 10.9. The Hall–Kier alpha value is -3.80. The third-order valence-electron chi connectivity index (χ3n) is 5.76. The molecule has 0 bridgehead atoms. The van der Waals surface area contributed by atoms with E-state index in [1.165, 1.54) is 11.0 Å². The maximum atomic E-state index is 13.4. The Kier molecular flexibility index (Phi) is 5.62. The third kappa shape index (κ3) is 3.82. The lowest BCUT2D eigenvalue weighted by Crippen LogP contribution is -2.33. The van der Waals surface area contributed by atoms with Crippen molar-refractivity contribution in [1.82, 2.24) is 0 Å². The van der Waals surface area contributed by atoms with E-state index in [0.29, 0.717) is 17.9 Å². The van der Waals surface area contributed by atoms with E-state index >= 15 is 0 Å². The number of amides is 1. The fourth-order valence-electron chi connectivity index (χ4n) is 4.20. The summed E-state index contributed by atoms with van der Waals surface area (Å²) in [6.07, 6.45) is 0. The molecule has 170 valence electrons. The molecule has 0 saturated heterocycles. The predicted molar refractivity (Wildman–Crippen MR) is 128 cm³/mol. The summed E-state index contributed by atoms with van der Waals surface area (Å²) >= 11 is 0. The number of fused-ring (bicyclic) bond motifs is 1. The number of carbonyl (C=O) groups excluding carboxylic acids is 2. The Morgan fingerprint density at radius 2 is 1.73 bits per heavy atom. The number of nitrogens with zero attached hydrogens (tertiary/aromatic N) is 1. The molecule has 1 unspecified atom stereocenters. The van der Waals surface area contributed by atoms with Gasteiger partial charge in [0.25, 0.3) is 5.91 Å². The lowest BCUT2D eigenvalue weighted by Gasteiger charge is -2.30. The van der Waals surface area contributed by atoms with Crippen molar-refractivity contribution in [2.75, 3.05) is 11.5 Å². The molecule has 33 heavy (non-hydrogen) atoms. The van der Waals surface area contributed by atoms with E-state index in [1.54, 1.807) is 45.9 Å². The highest BCUT2D eigenvalue weighted by molar-refractivity contribution is 6.19. The molecule has 6 nitrogen and oxygen atoms in total. The summed E-state index contributed by atoms with van der Waals surface area (Å²) in [5.41, 5.74) is 0.344. The van der Waals surface area contributed by atoms with Crippen LogP contribution in [0.4, 0.5) is 5.69 Å². The molecule has 1 heterocycles. The molecule has 1 aliphatic heterocycles. The van der Waals surface area contributed by atoms with Crippen LogP contribution in [0, 0.1) is 5.41 Å². The quantitative estimate of drug-likeness (QED) is 0.545. The number of aliphatic hydroxyl groups excluding tert-OH is 1. The van der Waals surface area contributed by atoms with Crippen molar-refractivity contribution < 1.29 is 24.5 Å². The zero-order valence-electron chi connectivity index (χ0n) is 19.1. The Balaban J connectivity index is 1.98. The highest BCUT2D eigenvalue weighted by Crippen LogP contribution is 2.46. The van der Waals surface area contributed by atoms with Crippen LogP contribution in [0.3, 0.4) is 0 Å². The van der Waals surface area contributed by atoms with Gasteiger partial charge >= 0.3 is 0 Å². The fraction of sp³-hybridized carbons (Fsp3) is 0.259. The standard InChI is InChI=1S/C27H27NO5/c1-5-33-21-15-17(13-14-20(21)29)23-22(25(31)27(2,3)4)24(30)26(32)28(23)19-12-8-10-16-9-6-7-11-18(16)19/h6-15,23,29-30H,5H2,1-4H3. The van der Waals surface area contributed by atoms with Crippen LogP contribution in [0.25, 0.3) is 10.8 Å². The van der Waals surface area contributed by atoms with Crippen molar-refractivity contribution in [2.24, 2.45) is 5.41 Å². The van der Waals surface area contributed by atoms with Gasteiger partial charge in [-0.2, -0.15) is 0 Å². The minimum atomic E-state index is -0.880. The number of aliphatic hydroxyl groups is 1. The summed E-state index contributed by atoms with van der Waals surface area (Å²) in [6.45, 7) is 7.39. The van der Waals surface area contributed by atoms with Crippen molar-refractivity contribution in [3.05, 3.63) is 77.6 Å². The molecular weight excluding hydrogens is 418 g/mol. The third-order valence-corrected chi connectivity index (χ3v) is 5.76. The summed E-state index contributed by atoms with van der Waals surface area (Å²) in [7, 11) is 0. The number of ether oxygens (including phenoxy) is 1. The number of rotatable bonds is 5. The molecule has 4 rings (SSSR count). The van der Waals surface area contributed by atoms with Gasteiger partial charge in [-0.15, -0.1) is 0 Å². The maximum Gasteiger partial charge on any atom is 0.294 e. The van der Waals surface area contributed by atoms with Crippen molar-refractivity contribution >= 4 is 28.2 Å². The first-order valence-electron chi connectivity index (χ1n) is 10.9. The number of hydrogen-bond acceptors (Lipinski definition) is 5. The van der Waals surface area contributed by atoms with E-state index in [-0.39, 0.29) is 22.9 Å². The Bertz CT molecular complexity index is 1280. The number of ketones is 1. The number of benzene rings is 3. The monoisotopic (exact) mass is 445 g/mol. The molecule has 3 aromatic carbocycles. The molecular formula is C27H27NO5. The Morgan fingerprint density at radius 1 is 1.03 bits per heavy atom. The van der Waals surface area contributed by atoms with Gasteiger partial charge in [0.2, 0.25) is 0 Å². The van der Waals surface area contributed by atoms with Crippen molar-refractivity contribution in [1.29, 1.82) is 0 Å². The molecule has 1 amide bonds. The molecule has 0 fully saturated rings. The zero-order valence-corrected chi connectivity index (χ0v) is 19.1. The van der Waals surface area contributed by atoms with Gasteiger partial charge in [-0.1, -0.05) is 63.2 Å². The summed E-state index contributed by atoms with van der Waals surface area (Å²) < 4.78 is 5.55. The predicted octanol–water partition coefficient (Wildman–Crippen LogP) is 5.46. The summed E-state index contributed by atoms with van der Waals surface area (Å²) in [4.78, 5) is 28.3. The van der Waals surface area contributed by atoms with Gasteiger partial charge in [-0.05, 0) is 36.1 Å². The fourth-order valence-corrected chi connectivity index (χ4v) is 4.20. The average molecular weight is 446 g/mol. The van der Waals surface area contributed by atoms with Crippen LogP contribution >= 0.6 is 0 Å². The Morgan fingerprint density at radius 3 is 2.42 bits per heavy atom. The lowest BCUT2D eigenvalue weighted by atomic mass is 9.82. The van der Waals surface area contributed by atoms with E-state index in [0.717, 1.165) is 10.8 Å². The van der Waals surface area contributed by atoms with Gasteiger partial charge in [-0.3, -0.25) is 14.5 Å². The van der Waals surface area contributed by atoms with Gasteiger partial charge in [0.1, 0.15) is 0 Å². The topological polar surface area (TPSA) is 87.1 Å². The van der Waals surface area contributed by atoms with E-state index in [9.17, 15) is 19.8 Å². The van der Waals surface area contributed by atoms with Gasteiger partial charge < -0.3 is 14.9 Å². The zero-order chi connectivity index (χ0) is 23.9. The second kappa shape index (κ2) is 8.28. The second-order valence-electron chi connectivity index (χ2n) is 9.08. The number of Topliss-reactive ketones (excluding diaryl/α,β-unsaturated/α-hetero) is 1. The summed E-state index contributed by atoms with van der Waals surface area (Å²) in [5, 5.41) is 22.9. The second-order valence-corrected chi connectivity index (χ2v) is 9.08. The van der Waals surface area contributed by atoms with E-state index in [1.807, 2.05) is 36.4 Å². The van der Waals surface area contributed by atoms with E-state index < -0.39 is 23.1 Å². The van der Waals surface area contributed by atoms with Crippen LogP contribution in [-0.2, 0) is 9.59 Å². The molecule has 1 aliphatic rings. The van der Waals surface area contributed by atoms with Crippen molar-refractivity contribution in [3.63, 3.8) is 0 Å². The summed E-state index contributed by atoms with van der Waals surface area (Å²) in [5.74, 6) is -1.33. The first kappa shape index (κ1) is 22.4. The van der Waals surface area contributed by atoms with E-state index in [4.69, 9.17) is 4.74 Å². The molecule has 0 radical (unpaired) electrons. The highest BCUT2D eigenvalue weighted by atomic mass is 16.5. The largest absolute Gasteiger partial charge is 0.504 e. The number of phenolic OH excluding ortho intramolecular Hbond substituents is 1. The van der Waals surface area contributed by atoms with Gasteiger partial charge in [0.05, 0.1) is 23.9 Å². The number of phenols is 1.